The molecule has 1 amide bonds. The summed E-state index contributed by atoms with van der Waals surface area (Å²) >= 11 is 5.89. The summed E-state index contributed by atoms with van der Waals surface area (Å²) in [6, 6.07) is 7.33. The second-order valence-corrected chi connectivity index (χ2v) is 5.42. The molecule has 1 atom stereocenters. The minimum Gasteiger partial charge on any atom is -0.354 e. The molecule has 0 fully saturated rings. The van der Waals surface area contributed by atoms with Gasteiger partial charge < -0.3 is 11.1 Å². The highest BCUT2D eigenvalue weighted by atomic mass is 35.5. The van der Waals surface area contributed by atoms with Gasteiger partial charge in [-0.15, -0.1) is 0 Å². The van der Waals surface area contributed by atoms with Gasteiger partial charge in [0, 0.05) is 17.1 Å². The maximum atomic E-state index is 11.9. The Morgan fingerprint density at radius 1 is 1.53 bits per heavy atom. The molecule has 0 bridgehead atoms. The molecule has 4 heteroatoms. The van der Waals surface area contributed by atoms with E-state index in [0.29, 0.717) is 11.6 Å². The van der Waals surface area contributed by atoms with Gasteiger partial charge in [-0.2, -0.15) is 0 Å². The third kappa shape index (κ3) is 4.75. The van der Waals surface area contributed by atoms with E-state index in [2.05, 4.69) is 5.32 Å². The van der Waals surface area contributed by atoms with Crippen molar-refractivity contribution < 1.29 is 4.79 Å². The monoisotopic (exact) mass is 254 g/mol. The molecule has 0 saturated carbocycles. The Morgan fingerprint density at radius 2 is 2.18 bits per heavy atom. The van der Waals surface area contributed by atoms with Crippen LogP contribution in [-0.4, -0.2) is 18.0 Å². The highest BCUT2D eigenvalue weighted by Gasteiger charge is 2.18. The number of rotatable bonds is 4. The molecule has 3 nitrogen and oxygen atoms in total. The number of benzene rings is 1. The van der Waals surface area contributed by atoms with E-state index in [9.17, 15) is 4.79 Å². The van der Waals surface area contributed by atoms with Crippen molar-refractivity contribution >= 4 is 17.5 Å². The van der Waals surface area contributed by atoms with Crippen LogP contribution in [0.25, 0.3) is 0 Å². The summed E-state index contributed by atoms with van der Waals surface area (Å²) < 4.78 is 0. The van der Waals surface area contributed by atoms with Gasteiger partial charge in [0.2, 0.25) is 5.91 Å². The molecule has 0 spiro atoms. The maximum Gasteiger partial charge on any atom is 0.227 e. The van der Waals surface area contributed by atoms with Crippen LogP contribution in [0, 0.1) is 0 Å². The molecular formula is C13H19ClN2O. The highest BCUT2D eigenvalue weighted by molar-refractivity contribution is 6.30. The first-order chi connectivity index (χ1) is 7.79. The average molecular weight is 255 g/mol. The van der Waals surface area contributed by atoms with Crippen molar-refractivity contribution in [1.82, 2.24) is 5.32 Å². The van der Waals surface area contributed by atoms with E-state index in [1.807, 2.05) is 32.9 Å². The van der Waals surface area contributed by atoms with Crippen molar-refractivity contribution in [2.45, 2.75) is 32.2 Å². The van der Waals surface area contributed by atoms with Crippen LogP contribution in [0.3, 0.4) is 0 Å². The van der Waals surface area contributed by atoms with Gasteiger partial charge >= 0.3 is 0 Å². The molecule has 0 aliphatic carbocycles. The number of nitrogens with two attached hydrogens (primary N) is 1. The molecule has 1 aromatic rings. The summed E-state index contributed by atoms with van der Waals surface area (Å²) in [7, 11) is 0. The van der Waals surface area contributed by atoms with Gasteiger partial charge in [-0.3, -0.25) is 4.79 Å². The van der Waals surface area contributed by atoms with Gasteiger partial charge in [0.1, 0.15) is 0 Å². The molecule has 1 aromatic carbocycles. The second-order valence-electron chi connectivity index (χ2n) is 4.98. The molecule has 0 radical (unpaired) electrons. The van der Waals surface area contributed by atoms with Crippen LogP contribution in [-0.2, 0) is 4.79 Å². The van der Waals surface area contributed by atoms with E-state index in [1.165, 1.54) is 0 Å². The fourth-order valence-corrected chi connectivity index (χ4v) is 1.59. The topological polar surface area (TPSA) is 55.1 Å². The lowest BCUT2D eigenvalue weighted by Crippen LogP contribution is -2.46. The van der Waals surface area contributed by atoms with Crippen molar-refractivity contribution in [3.63, 3.8) is 0 Å². The minimum absolute atomic E-state index is 0.0363. The van der Waals surface area contributed by atoms with Crippen LogP contribution in [0.4, 0.5) is 0 Å². The predicted octanol–water partition coefficient (Wildman–Crippen LogP) is 2.30. The normalized spacial score (nSPS) is 13.2. The Bertz CT molecular complexity index is 399. The molecule has 94 valence electrons. The number of halogens is 1. The SMILES string of the molecule is CC(C(=O)NCC(C)(C)N)c1cccc(Cl)c1. The Balaban J connectivity index is 2.64. The van der Waals surface area contributed by atoms with Crippen molar-refractivity contribution in [1.29, 1.82) is 0 Å². The highest BCUT2D eigenvalue weighted by Crippen LogP contribution is 2.19. The molecule has 0 aliphatic heterocycles. The quantitative estimate of drug-likeness (QED) is 0.866. The van der Waals surface area contributed by atoms with Gasteiger partial charge in [0.25, 0.3) is 0 Å². The zero-order chi connectivity index (χ0) is 13.1. The molecular weight excluding hydrogens is 236 g/mol. The van der Waals surface area contributed by atoms with Crippen molar-refractivity contribution in [3.8, 4) is 0 Å². The Hall–Kier alpha value is -1.06. The minimum atomic E-state index is -0.399. The number of amides is 1. The molecule has 17 heavy (non-hydrogen) atoms. The van der Waals surface area contributed by atoms with Crippen LogP contribution in [0.2, 0.25) is 5.02 Å². The van der Waals surface area contributed by atoms with Gasteiger partial charge in [0.15, 0.2) is 0 Å². The zero-order valence-corrected chi connectivity index (χ0v) is 11.2. The Labute approximate surface area is 107 Å². The van der Waals surface area contributed by atoms with Crippen LogP contribution >= 0.6 is 11.6 Å². The number of carbonyl (C=O) groups is 1. The average Bonchev–Trinajstić information content (AvgIpc) is 2.24. The zero-order valence-electron chi connectivity index (χ0n) is 10.5. The van der Waals surface area contributed by atoms with Gasteiger partial charge in [-0.25, -0.2) is 0 Å². The van der Waals surface area contributed by atoms with Crippen LogP contribution < -0.4 is 11.1 Å². The smallest absolute Gasteiger partial charge is 0.227 e. The Morgan fingerprint density at radius 3 is 2.71 bits per heavy atom. The Kier molecular flexibility index (Phi) is 4.54. The molecule has 0 aliphatic rings. The number of nitrogens with one attached hydrogen (secondary N) is 1. The lowest BCUT2D eigenvalue weighted by Gasteiger charge is -2.21. The first-order valence-electron chi connectivity index (χ1n) is 5.61. The third-order valence-electron chi connectivity index (χ3n) is 2.46. The lowest BCUT2D eigenvalue weighted by atomic mass is 10.00. The largest absolute Gasteiger partial charge is 0.354 e. The fraction of sp³-hybridized carbons (Fsp3) is 0.462. The van der Waals surface area contributed by atoms with E-state index in [-0.39, 0.29) is 11.8 Å². The molecule has 1 unspecified atom stereocenters. The predicted molar refractivity (Wildman–Crippen MR) is 71.1 cm³/mol. The fourth-order valence-electron chi connectivity index (χ4n) is 1.40. The van der Waals surface area contributed by atoms with Crippen molar-refractivity contribution in [2.24, 2.45) is 5.73 Å². The maximum absolute atomic E-state index is 11.9. The summed E-state index contributed by atoms with van der Waals surface area (Å²) in [4.78, 5) is 11.9. The first-order valence-corrected chi connectivity index (χ1v) is 5.99. The summed E-state index contributed by atoms with van der Waals surface area (Å²) in [5.41, 5.74) is 6.32. The van der Waals surface area contributed by atoms with E-state index >= 15 is 0 Å². The van der Waals surface area contributed by atoms with E-state index in [1.54, 1.807) is 12.1 Å². The lowest BCUT2D eigenvalue weighted by molar-refractivity contribution is -0.122. The van der Waals surface area contributed by atoms with Gasteiger partial charge in [-0.05, 0) is 38.5 Å². The molecule has 3 N–H and O–H groups in total. The molecule has 0 saturated heterocycles. The standard InChI is InChI=1S/C13H19ClN2O/c1-9(10-5-4-6-11(14)7-10)12(17)16-8-13(2,3)15/h4-7,9H,8,15H2,1-3H3,(H,16,17). The molecule has 1 rings (SSSR count). The number of hydrogen-bond acceptors (Lipinski definition) is 2. The van der Waals surface area contributed by atoms with Crippen LogP contribution in [0.5, 0.6) is 0 Å². The van der Waals surface area contributed by atoms with Crippen LogP contribution in [0.15, 0.2) is 24.3 Å². The van der Waals surface area contributed by atoms with Gasteiger partial charge in [-0.1, -0.05) is 23.7 Å². The first kappa shape index (κ1) is 14.0. The third-order valence-corrected chi connectivity index (χ3v) is 2.70. The molecule has 0 heterocycles. The molecule has 0 aromatic heterocycles. The van der Waals surface area contributed by atoms with E-state index in [0.717, 1.165) is 5.56 Å². The summed E-state index contributed by atoms with van der Waals surface area (Å²) in [5.74, 6) is -0.262. The van der Waals surface area contributed by atoms with Gasteiger partial charge in [0.05, 0.1) is 5.92 Å². The van der Waals surface area contributed by atoms with E-state index < -0.39 is 5.54 Å². The summed E-state index contributed by atoms with van der Waals surface area (Å²) in [6.07, 6.45) is 0. The van der Waals surface area contributed by atoms with E-state index in [4.69, 9.17) is 17.3 Å². The second kappa shape index (κ2) is 5.52. The van der Waals surface area contributed by atoms with Crippen molar-refractivity contribution in [3.05, 3.63) is 34.9 Å². The number of hydrogen-bond donors (Lipinski definition) is 2. The summed E-state index contributed by atoms with van der Waals surface area (Å²) in [6.45, 7) is 6.05. The van der Waals surface area contributed by atoms with Crippen molar-refractivity contribution in [2.75, 3.05) is 6.54 Å². The van der Waals surface area contributed by atoms with Crippen LogP contribution in [0.1, 0.15) is 32.3 Å². The summed E-state index contributed by atoms with van der Waals surface area (Å²) in [5, 5.41) is 3.47. The number of carbonyl (C=O) groups excluding carboxylic acids is 1.